The highest BCUT2D eigenvalue weighted by Gasteiger charge is 2.20. The van der Waals surface area contributed by atoms with Crippen LogP contribution in [0.25, 0.3) is 28.1 Å². The minimum absolute atomic E-state index is 0.259. The van der Waals surface area contributed by atoms with Gasteiger partial charge in [0.2, 0.25) is 0 Å². The number of pyridine rings is 1. The number of methoxy groups -OCH3 is 1. The van der Waals surface area contributed by atoms with Crippen LogP contribution in [0.2, 0.25) is 0 Å². The van der Waals surface area contributed by atoms with Gasteiger partial charge in [0, 0.05) is 18.0 Å². The second-order valence-corrected chi connectivity index (χ2v) is 7.74. The van der Waals surface area contributed by atoms with E-state index in [-0.39, 0.29) is 6.54 Å². The smallest absolute Gasteiger partial charge is 0.407 e. The molecule has 1 fully saturated rings. The van der Waals surface area contributed by atoms with Gasteiger partial charge < -0.3 is 14.6 Å². The number of ether oxygens (including phenoxy) is 1. The number of hydrogen-bond acceptors (Lipinski definition) is 5. The van der Waals surface area contributed by atoms with Gasteiger partial charge in [-0.05, 0) is 43.6 Å². The van der Waals surface area contributed by atoms with Crippen LogP contribution in [0, 0.1) is 23.2 Å². The van der Waals surface area contributed by atoms with Crippen LogP contribution in [-0.2, 0) is 11.3 Å². The Balaban J connectivity index is 1.67. The number of allylic oxidation sites excluding steroid dienone is 1. The molecule has 1 N–H and O–H groups in total. The van der Waals surface area contributed by atoms with Gasteiger partial charge in [0.15, 0.2) is 0 Å². The van der Waals surface area contributed by atoms with E-state index in [0.29, 0.717) is 18.3 Å². The Morgan fingerprint density at radius 3 is 2.87 bits per heavy atom. The summed E-state index contributed by atoms with van der Waals surface area (Å²) in [5.74, 6) is 1.73. The molecule has 2 heterocycles. The third-order valence-corrected chi connectivity index (χ3v) is 5.85. The van der Waals surface area contributed by atoms with E-state index in [1.165, 1.54) is 7.11 Å². The van der Waals surface area contributed by atoms with Crippen molar-refractivity contribution in [2.24, 2.45) is 11.8 Å². The van der Waals surface area contributed by atoms with Gasteiger partial charge in [-0.25, -0.2) is 9.78 Å². The number of aromatic nitrogens is 3. The van der Waals surface area contributed by atoms with Crippen LogP contribution in [-0.4, -0.2) is 27.7 Å². The molecule has 0 spiro atoms. The zero-order valence-corrected chi connectivity index (χ0v) is 17.0. The maximum Gasteiger partial charge on any atom is 0.407 e. The molecular formula is C23H25N5O2. The number of alkyl carbamates (subject to hydrolysis) is 1. The minimum Gasteiger partial charge on any atom is -0.453 e. The minimum atomic E-state index is -0.489. The number of carbonyl (C=O) groups is 1. The van der Waals surface area contributed by atoms with Gasteiger partial charge >= 0.3 is 6.09 Å². The van der Waals surface area contributed by atoms with Crippen LogP contribution in [0.15, 0.2) is 36.5 Å². The summed E-state index contributed by atoms with van der Waals surface area (Å²) in [6.07, 6.45) is 10.6. The van der Waals surface area contributed by atoms with Crippen molar-refractivity contribution in [3.05, 3.63) is 42.4 Å². The normalized spacial score (nSPS) is 19.2. The van der Waals surface area contributed by atoms with E-state index in [2.05, 4.69) is 33.2 Å². The molecule has 7 nitrogen and oxygen atoms in total. The summed E-state index contributed by atoms with van der Waals surface area (Å²) in [6.45, 7) is 0.259. The number of amides is 1. The first-order chi connectivity index (χ1) is 14.7. The predicted octanol–water partition coefficient (Wildman–Crippen LogP) is 4.63. The van der Waals surface area contributed by atoms with Crippen molar-refractivity contribution < 1.29 is 9.53 Å². The Morgan fingerprint density at radius 1 is 1.30 bits per heavy atom. The number of benzene rings is 1. The van der Waals surface area contributed by atoms with E-state index in [9.17, 15) is 4.79 Å². The molecule has 0 bridgehead atoms. The van der Waals surface area contributed by atoms with Crippen molar-refractivity contribution in [3.8, 4) is 6.07 Å². The standard InChI is InChI=1S/C23H25N5O2/c1-30-23(29)26-15-21-27-20-14-25-19-5-3-2-4-18(19)22(20)28(21)13-11-17-8-6-16(7-9-17)10-12-24/h2-5,11,13-14,16-17H,6-10,15H2,1H3,(H,26,29). The fourth-order valence-electron chi connectivity index (χ4n) is 4.20. The highest BCUT2D eigenvalue weighted by Crippen LogP contribution is 2.32. The molecule has 1 saturated carbocycles. The van der Waals surface area contributed by atoms with Gasteiger partial charge in [-0.3, -0.25) is 4.98 Å². The van der Waals surface area contributed by atoms with Crippen molar-refractivity contribution in [3.63, 3.8) is 0 Å². The summed E-state index contributed by atoms with van der Waals surface area (Å²) >= 11 is 0. The fraction of sp³-hybridized carbons (Fsp3) is 0.391. The quantitative estimate of drug-likeness (QED) is 0.670. The number of carbonyl (C=O) groups excluding carboxylic acids is 1. The number of nitrogens with zero attached hydrogens (tertiary/aromatic N) is 4. The lowest BCUT2D eigenvalue weighted by molar-refractivity contribution is 0.170. The molecule has 1 aliphatic rings. The SMILES string of the molecule is COC(=O)NCc1nc2cnc3ccccc3c2n1C=CC1CCC(CC#N)CC1. The van der Waals surface area contributed by atoms with Gasteiger partial charge in [-0.2, -0.15) is 5.26 Å². The van der Waals surface area contributed by atoms with Crippen LogP contribution in [0.5, 0.6) is 0 Å². The van der Waals surface area contributed by atoms with Crippen LogP contribution in [0.4, 0.5) is 4.79 Å². The fourth-order valence-corrected chi connectivity index (χ4v) is 4.20. The van der Waals surface area contributed by atoms with Gasteiger partial charge in [-0.1, -0.05) is 24.3 Å². The Labute approximate surface area is 175 Å². The maximum atomic E-state index is 11.6. The zero-order chi connectivity index (χ0) is 20.9. The lowest BCUT2D eigenvalue weighted by Crippen LogP contribution is -2.23. The third kappa shape index (κ3) is 4.13. The topological polar surface area (TPSA) is 92.8 Å². The Bertz CT molecular complexity index is 1120. The molecule has 1 aromatic carbocycles. The van der Waals surface area contributed by atoms with Crippen molar-refractivity contribution >= 4 is 34.2 Å². The second kappa shape index (κ2) is 8.95. The highest BCUT2D eigenvalue weighted by molar-refractivity contribution is 6.03. The second-order valence-electron chi connectivity index (χ2n) is 7.74. The first kappa shape index (κ1) is 19.9. The molecule has 0 aliphatic heterocycles. The molecule has 30 heavy (non-hydrogen) atoms. The molecule has 4 rings (SSSR count). The third-order valence-electron chi connectivity index (χ3n) is 5.85. The van der Waals surface area contributed by atoms with Crippen molar-refractivity contribution in [2.45, 2.75) is 38.6 Å². The summed E-state index contributed by atoms with van der Waals surface area (Å²) in [5.41, 5.74) is 2.68. The molecule has 0 atom stereocenters. The summed E-state index contributed by atoms with van der Waals surface area (Å²) in [5, 5.41) is 12.7. The van der Waals surface area contributed by atoms with Crippen molar-refractivity contribution in [2.75, 3.05) is 7.11 Å². The van der Waals surface area contributed by atoms with Crippen molar-refractivity contribution in [1.82, 2.24) is 19.9 Å². The molecule has 1 amide bonds. The van der Waals surface area contributed by atoms with Gasteiger partial charge in [0.1, 0.15) is 11.3 Å². The number of fused-ring (bicyclic) bond motifs is 3. The van der Waals surface area contributed by atoms with E-state index in [0.717, 1.165) is 53.4 Å². The number of imidazole rings is 1. The first-order valence-electron chi connectivity index (χ1n) is 10.3. The molecule has 3 aromatic rings. The molecule has 2 aromatic heterocycles. The molecular weight excluding hydrogens is 378 g/mol. The number of para-hydroxylation sites is 1. The predicted molar refractivity (Wildman–Crippen MR) is 115 cm³/mol. The summed E-state index contributed by atoms with van der Waals surface area (Å²) in [6, 6.07) is 10.3. The lowest BCUT2D eigenvalue weighted by Gasteiger charge is -2.24. The zero-order valence-electron chi connectivity index (χ0n) is 17.0. The number of nitriles is 1. The van der Waals surface area contributed by atoms with Gasteiger partial charge in [-0.15, -0.1) is 0 Å². The van der Waals surface area contributed by atoms with Crippen molar-refractivity contribution in [1.29, 1.82) is 5.26 Å². The van der Waals surface area contributed by atoms with Crippen LogP contribution in [0.1, 0.15) is 37.9 Å². The monoisotopic (exact) mass is 403 g/mol. The Hall–Kier alpha value is -3.40. The van der Waals surface area contributed by atoms with Crippen LogP contribution >= 0.6 is 0 Å². The molecule has 0 radical (unpaired) electrons. The summed E-state index contributed by atoms with van der Waals surface area (Å²) in [7, 11) is 1.35. The Morgan fingerprint density at radius 2 is 2.10 bits per heavy atom. The number of nitrogens with one attached hydrogen (secondary N) is 1. The van der Waals surface area contributed by atoms with Crippen LogP contribution in [0.3, 0.4) is 0 Å². The van der Waals surface area contributed by atoms with Gasteiger partial charge in [0.05, 0.1) is 37.0 Å². The molecule has 154 valence electrons. The molecule has 1 aliphatic carbocycles. The van der Waals surface area contributed by atoms with E-state index in [1.54, 1.807) is 6.20 Å². The Kier molecular flexibility index (Phi) is 5.94. The van der Waals surface area contributed by atoms with E-state index in [1.807, 2.05) is 24.3 Å². The average molecular weight is 403 g/mol. The summed E-state index contributed by atoms with van der Waals surface area (Å²) in [4.78, 5) is 20.8. The largest absolute Gasteiger partial charge is 0.453 e. The van der Waals surface area contributed by atoms with Crippen LogP contribution < -0.4 is 5.32 Å². The summed E-state index contributed by atoms with van der Waals surface area (Å²) < 4.78 is 6.75. The van der Waals surface area contributed by atoms with E-state index >= 15 is 0 Å². The number of hydrogen-bond donors (Lipinski definition) is 1. The highest BCUT2D eigenvalue weighted by atomic mass is 16.5. The average Bonchev–Trinajstić information content (AvgIpc) is 3.15. The molecule has 0 unspecified atom stereocenters. The van der Waals surface area contributed by atoms with E-state index < -0.39 is 6.09 Å². The van der Waals surface area contributed by atoms with Gasteiger partial charge in [0.25, 0.3) is 0 Å². The first-order valence-corrected chi connectivity index (χ1v) is 10.3. The maximum absolute atomic E-state index is 11.6. The lowest BCUT2D eigenvalue weighted by atomic mass is 9.81. The van der Waals surface area contributed by atoms with E-state index in [4.69, 9.17) is 15.0 Å². The molecule has 0 saturated heterocycles. The number of rotatable bonds is 5. The molecule has 7 heteroatoms.